The number of nitrogens with one attached hydrogen (secondary N) is 1. The van der Waals surface area contributed by atoms with Crippen molar-refractivity contribution in [2.45, 2.75) is 19.4 Å². The molecule has 0 radical (unpaired) electrons. The first-order valence-corrected chi connectivity index (χ1v) is 9.86. The minimum absolute atomic E-state index is 0.0909. The number of nitrogens with zero attached hydrogens (tertiary/aromatic N) is 5. The van der Waals surface area contributed by atoms with Crippen molar-refractivity contribution in [3.05, 3.63) is 59.7 Å². The van der Waals surface area contributed by atoms with E-state index in [1.54, 1.807) is 18.3 Å². The molecule has 0 bridgehead atoms. The zero-order valence-corrected chi connectivity index (χ0v) is 16.8. The third-order valence-electron chi connectivity index (χ3n) is 5.49. The van der Waals surface area contributed by atoms with Crippen LogP contribution in [0, 0.1) is 12.8 Å². The summed E-state index contributed by atoms with van der Waals surface area (Å²) >= 11 is 0. The van der Waals surface area contributed by atoms with Gasteiger partial charge in [0.2, 0.25) is 0 Å². The molecule has 0 aromatic carbocycles. The number of aromatic nitrogens is 5. The van der Waals surface area contributed by atoms with Crippen LogP contribution in [0.3, 0.4) is 0 Å². The summed E-state index contributed by atoms with van der Waals surface area (Å²) in [6.45, 7) is 2.95. The number of pyridine rings is 1. The monoisotopic (exact) mass is 406 g/mol. The van der Waals surface area contributed by atoms with Crippen molar-refractivity contribution < 1.29 is 14.1 Å². The highest BCUT2D eigenvalue weighted by molar-refractivity contribution is 5.94. The zero-order valence-electron chi connectivity index (χ0n) is 16.8. The molecule has 1 N–H and O–H groups in total. The SMILES string of the molecule is Cc1cc(C[C@@H]2COC[C@@H]2NC(=O)c2ccc3nnc(-c4cccn4C)n3c2)on1. The normalized spacial score (nSPS) is 18.9. The molecule has 1 aliphatic heterocycles. The Labute approximate surface area is 172 Å². The largest absolute Gasteiger partial charge is 0.379 e. The molecule has 5 heterocycles. The predicted molar refractivity (Wildman–Crippen MR) is 108 cm³/mol. The van der Waals surface area contributed by atoms with E-state index in [4.69, 9.17) is 9.26 Å². The molecule has 0 spiro atoms. The third-order valence-corrected chi connectivity index (χ3v) is 5.49. The van der Waals surface area contributed by atoms with Crippen LogP contribution in [0.5, 0.6) is 0 Å². The van der Waals surface area contributed by atoms with Crippen LogP contribution in [-0.4, -0.2) is 49.5 Å². The molecule has 2 atom stereocenters. The average molecular weight is 406 g/mol. The molecule has 0 unspecified atom stereocenters. The molecule has 30 heavy (non-hydrogen) atoms. The number of hydrogen-bond acceptors (Lipinski definition) is 6. The van der Waals surface area contributed by atoms with Gasteiger partial charge in [-0.2, -0.15) is 0 Å². The van der Waals surface area contributed by atoms with Crippen LogP contribution in [0.15, 0.2) is 47.2 Å². The second-order valence-corrected chi connectivity index (χ2v) is 7.69. The summed E-state index contributed by atoms with van der Waals surface area (Å²) < 4.78 is 14.7. The van der Waals surface area contributed by atoms with E-state index < -0.39 is 0 Å². The van der Waals surface area contributed by atoms with E-state index in [1.165, 1.54) is 0 Å². The van der Waals surface area contributed by atoms with Crippen molar-refractivity contribution >= 4 is 11.6 Å². The zero-order chi connectivity index (χ0) is 20.7. The Bertz CT molecular complexity index is 1210. The lowest BCUT2D eigenvalue weighted by Gasteiger charge is -2.18. The Kier molecular flexibility index (Phi) is 4.59. The minimum atomic E-state index is -0.155. The lowest BCUT2D eigenvalue weighted by atomic mass is 9.98. The Morgan fingerprint density at radius 2 is 2.17 bits per heavy atom. The molecule has 0 aliphatic carbocycles. The van der Waals surface area contributed by atoms with Crippen LogP contribution in [-0.2, 0) is 18.2 Å². The molecule has 9 nitrogen and oxygen atoms in total. The van der Waals surface area contributed by atoms with Crippen LogP contribution >= 0.6 is 0 Å². The number of aryl methyl sites for hydroxylation is 2. The maximum atomic E-state index is 13.0. The summed E-state index contributed by atoms with van der Waals surface area (Å²) in [6, 6.07) is 9.31. The van der Waals surface area contributed by atoms with Gasteiger partial charge in [-0.3, -0.25) is 9.20 Å². The molecular weight excluding hydrogens is 384 g/mol. The van der Waals surface area contributed by atoms with Gasteiger partial charge in [-0.1, -0.05) is 5.16 Å². The highest BCUT2D eigenvalue weighted by atomic mass is 16.5. The number of carbonyl (C=O) groups excluding carboxylic acids is 1. The Morgan fingerprint density at radius 3 is 2.93 bits per heavy atom. The van der Waals surface area contributed by atoms with Crippen molar-refractivity contribution in [2.75, 3.05) is 13.2 Å². The first-order valence-electron chi connectivity index (χ1n) is 9.86. The quantitative estimate of drug-likeness (QED) is 0.544. The third kappa shape index (κ3) is 3.37. The van der Waals surface area contributed by atoms with Crippen molar-refractivity contribution in [1.29, 1.82) is 0 Å². The lowest BCUT2D eigenvalue weighted by molar-refractivity contribution is 0.0924. The van der Waals surface area contributed by atoms with Crippen LogP contribution in [0.1, 0.15) is 21.8 Å². The van der Waals surface area contributed by atoms with Gasteiger partial charge < -0.3 is 19.1 Å². The summed E-state index contributed by atoms with van der Waals surface area (Å²) in [5.74, 6) is 1.48. The van der Waals surface area contributed by atoms with Gasteiger partial charge in [0.1, 0.15) is 5.76 Å². The van der Waals surface area contributed by atoms with Crippen molar-refractivity contribution in [3.8, 4) is 11.5 Å². The standard InChI is InChI=1S/C21H22N6O3/c1-13-8-16(30-25-13)9-15-11-29-12-17(15)22-21(28)14-5-6-19-23-24-20(27(19)10-14)18-4-3-7-26(18)2/h3-8,10,15,17H,9,11-12H2,1-2H3,(H,22,28)/t15-,17+/m1/s1. The molecule has 1 amide bonds. The van der Waals surface area contributed by atoms with Gasteiger partial charge in [-0.25, -0.2) is 0 Å². The molecule has 9 heteroatoms. The summed E-state index contributed by atoms with van der Waals surface area (Å²) in [4.78, 5) is 13.0. The van der Waals surface area contributed by atoms with Gasteiger partial charge in [-0.15, -0.1) is 10.2 Å². The van der Waals surface area contributed by atoms with Gasteiger partial charge >= 0.3 is 0 Å². The second-order valence-electron chi connectivity index (χ2n) is 7.69. The topological polar surface area (TPSA) is 99.5 Å². The van der Waals surface area contributed by atoms with E-state index in [1.807, 2.05) is 47.3 Å². The molecule has 5 rings (SSSR count). The average Bonchev–Trinajstić information content (AvgIpc) is 3.51. The van der Waals surface area contributed by atoms with Gasteiger partial charge in [-0.05, 0) is 31.2 Å². The fourth-order valence-corrected chi connectivity index (χ4v) is 3.88. The van der Waals surface area contributed by atoms with E-state index in [2.05, 4.69) is 20.7 Å². The maximum Gasteiger partial charge on any atom is 0.253 e. The van der Waals surface area contributed by atoms with E-state index in [-0.39, 0.29) is 17.9 Å². The first kappa shape index (κ1) is 18.6. The molecule has 1 fully saturated rings. The smallest absolute Gasteiger partial charge is 0.253 e. The van der Waals surface area contributed by atoms with E-state index >= 15 is 0 Å². The Morgan fingerprint density at radius 1 is 1.27 bits per heavy atom. The molecule has 4 aromatic heterocycles. The highest BCUT2D eigenvalue weighted by Crippen LogP contribution is 2.21. The molecule has 154 valence electrons. The van der Waals surface area contributed by atoms with E-state index in [9.17, 15) is 4.79 Å². The highest BCUT2D eigenvalue weighted by Gasteiger charge is 2.31. The lowest BCUT2D eigenvalue weighted by Crippen LogP contribution is -2.40. The number of hydrogen-bond donors (Lipinski definition) is 1. The second kappa shape index (κ2) is 7.42. The molecule has 0 saturated carbocycles. The van der Waals surface area contributed by atoms with E-state index in [0.717, 1.165) is 17.1 Å². The van der Waals surface area contributed by atoms with Gasteiger partial charge in [0.25, 0.3) is 5.91 Å². The van der Waals surface area contributed by atoms with Crippen molar-refractivity contribution in [1.82, 2.24) is 29.6 Å². The van der Waals surface area contributed by atoms with Crippen molar-refractivity contribution in [3.63, 3.8) is 0 Å². The van der Waals surface area contributed by atoms with Crippen molar-refractivity contribution in [2.24, 2.45) is 13.0 Å². The predicted octanol–water partition coefficient (Wildman–Crippen LogP) is 2.02. The summed E-state index contributed by atoms with van der Waals surface area (Å²) in [6.07, 6.45) is 4.40. The van der Waals surface area contributed by atoms with Crippen LogP contribution in [0.2, 0.25) is 0 Å². The molecule has 1 aliphatic rings. The fourth-order valence-electron chi connectivity index (χ4n) is 3.88. The van der Waals surface area contributed by atoms with Gasteiger partial charge in [0, 0.05) is 37.8 Å². The summed E-state index contributed by atoms with van der Waals surface area (Å²) in [7, 11) is 1.95. The number of fused-ring (bicyclic) bond motifs is 1. The fraction of sp³-hybridized carbons (Fsp3) is 0.333. The Balaban J connectivity index is 1.36. The number of amides is 1. The molecule has 4 aromatic rings. The molecular formula is C21H22N6O3. The molecule has 1 saturated heterocycles. The number of rotatable bonds is 5. The van der Waals surface area contributed by atoms with Crippen LogP contribution in [0.25, 0.3) is 17.2 Å². The maximum absolute atomic E-state index is 13.0. The van der Waals surface area contributed by atoms with Gasteiger partial charge in [0.15, 0.2) is 11.5 Å². The minimum Gasteiger partial charge on any atom is -0.379 e. The van der Waals surface area contributed by atoms with Crippen LogP contribution in [0.4, 0.5) is 0 Å². The summed E-state index contributed by atoms with van der Waals surface area (Å²) in [5.41, 5.74) is 3.00. The number of carbonyl (C=O) groups is 1. The van der Waals surface area contributed by atoms with Crippen LogP contribution < -0.4 is 5.32 Å². The van der Waals surface area contributed by atoms with Gasteiger partial charge in [0.05, 0.1) is 36.2 Å². The Hall–Kier alpha value is -3.46. The van der Waals surface area contributed by atoms with E-state index in [0.29, 0.717) is 36.7 Å². The first-order chi connectivity index (χ1) is 14.6. The number of ether oxygens (including phenoxy) is 1. The summed E-state index contributed by atoms with van der Waals surface area (Å²) in [5, 5.41) is 15.5.